The average Bonchev–Trinajstić information content (AvgIpc) is 3.04. The maximum absolute atomic E-state index is 13.2. The molecule has 0 fully saturated rings. The first-order valence-electron chi connectivity index (χ1n) is 7.95. The lowest BCUT2D eigenvalue weighted by Gasteiger charge is -2.29. The predicted molar refractivity (Wildman–Crippen MR) is 84.0 cm³/mol. The van der Waals surface area contributed by atoms with E-state index in [1.165, 1.54) is 0 Å². The zero-order chi connectivity index (χ0) is 24.0. The topological polar surface area (TPSA) is 66.5 Å². The molecule has 0 saturated heterocycles. The van der Waals surface area contributed by atoms with Gasteiger partial charge in [-0.2, -0.15) is 49.7 Å². The van der Waals surface area contributed by atoms with Gasteiger partial charge in [0.05, 0.1) is 17.8 Å². The number of carbonyl (C=O) groups excluding carboxylic acids is 2. The van der Waals surface area contributed by atoms with Crippen molar-refractivity contribution < 1.29 is 49.1 Å². The first-order chi connectivity index (χ1) is 13.9. The van der Waals surface area contributed by atoms with Gasteiger partial charge in [-0.3, -0.25) is 9.59 Å². The average molecular weight is 460 g/mol. The third kappa shape index (κ3) is 4.78. The highest BCUT2D eigenvalue weighted by Gasteiger charge is 2.56. The summed E-state index contributed by atoms with van der Waals surface area (Å²) in [6.07, 6.45) is -17.3. The van der Waals surface area contributed by atoms with Crippen LogP contribution in [0.2, 0.25) is 0 Å². The van der Waals surface area contributed by atoms with E-state index in [2.05, 4.69) is 15.1 Å². The van der Waals surface area contributed by atoms with Gasteiger partial charge in [0.15, 0.2) is 17.3 Å². The molecule has 0 radical (unpaired) electrons. The Morgan fingerprint density at radius 2 is 1.71 bits per heavy atom. The van der Waals surface area contributed by atoms with Crippen LogP contribution in [0.5, 0.6) is 0 Å². The summed E-state index contributed by atoms with van der Waals surface area (Å²) in [4.78, 5) is 26.4. The van der Waals surface area contributed by atoms with E-state index in [1.54, 1.807) is 0 Å². The fourth-order valence-corrected chi connectivity index (χ4v) is 2.65. The Bertz CT molecular complexity index is 975. The SMILES string of the molecule is [C-]#[N+]c1ccc(N(C(=O)C(F)(F)F)C(=O)C2(C)CC(C(F)(F)F)N=N2)cc1C(F)(F)F. The number of benzene rings is 1. The zero-order valence-electron chi connectivity index (χ0n) is 15.0. The van der Waals surface area contributed by atoms with Crippen LogP contribution in [0.3, 0.4) is 0 Å². The third-order valence-corrected chi connectivity index (χ3v) is 4.16. The largest absolute Gasteiger partial charge is 0.472 e. The minimum absolute atomic E-state index is 0.0500. The van der Waals surface area contributed by atoms with Crippen molar-refractivity contribution in [3.63, 3.8) is 0 Å². The first kappa shape index (κ1) is 24.1. The maximum atomic E-state index is 13.2. The quantitative estimate of drug-likeness (QED) is 0.449. The molecule has 2 rings (SSSR count). The molecule has 2 atom stereocenters. The Balaban J connectivity index is 2.62. The van der Waals surface area contributed by atoms with Crippen LogP contribution in [0, 0.1) is 6.57 Å². The molecule has 0 N–H and O–H groups in total. The molecular weight excluding hydrogens is 451 g/mol. The normalized spacial score (nSPS) is 21.6. The predicted octanol–water partition coefficient (Wildman–Crippen LogP) is 5.22. The molecule has 1 aliphatic rings. The summed E-state index contributed by atoms with van der Waals surface area (Å²) in [6, 6.07) is -1.72. The number of alkyl halides is 9. The van der Waals surface area contributed by atoms with Crippen molar-refractivity contribution in [2.75, 3.05) is 4.90 Å². The Kier molecular flexibility index (Phi) is 5.83. The molecule has 1 aliphatic heterocycles. The number of carbonyl (C=O) groups is 2. The van der Waals surface area contributed by atoms with Gasteiger partial charge < -0.3 is 0 Å². The van der Waals surface area contributed by atoms with E-state index in [9.17, 15) is 49.1 Å². The van der Waals surface area contributed by atoms with E-state index >= 15 is 0 Å². The van der Waals surface area contributed by atoms with Crippen molar-refractivity contribution in [2.45, 2.75) is 43.5 Å². The Hall–Kier alpha value is -3.18. The smallest absolute Gasteiger partial charge is 0.271 e. The minimum atomic E-state index is -5.78. The molecule has 0 aliphatic carbocycles. The number of amides is 2. The monoisotopic (exact) mass is 460 g/mol. The Morgan fingerprint density at radius 3 is 2.13 bits per heavy atom. The fourth-order valence-electron chi connectivity index (χ4n) is 2.65. The van der Waals surface area contributed by atoms with Crippen LogP contribution in [-0.4, -0.2) is 35.7 Å². The number of halogens is 9. The minimum Gasteiger partial charge on any atom is -0.271 e. The summed E-state index contributed by atoms with van der Waals surface area (Å²) in [5.41, 5.74) is -6.65. The van der Waals surface area contributed by atoms with Crippen LogP contribution in [0.4, 0.5) is 50.9 Å². The van der Waals surface area contributed by atoms with Gasteiger partial charge in [0.2, 0.25) is 0 Å². The maximum Gasteiger partial charge on any atom is 0.472 e. The zero-order valence-corrected chi connectivity index (χ0v) is 15.0. The Labute approximate surface area is 167 Å². The van der Waals surface area contributed by atoms with Gasteiger partial charge in [-0.25, -0.2) is 9.74 Å². The highest BCUT2D eigenvalue weighted by atomic mass is 19.4. The van der Waals surface area contributed by atoms with E-state index in [4.69, 9.17) is 6.57 Å². The van der Waals surface area contributed by atoms with Gasteiger partial charge in [-0.1, -0.05) is 6.07 Å². The Morgan fingerprint density at radius 1 is 1.13 bits per heavy atom. The molecule has 6 nitrogen and oxygen atoms in total. The summed E-state index contributed by atoms with van der Waals surface area (Å²) in [7, 11) is 0. The lowest BCUT2D eigenvalue weighted by Crippen LogP contribution is -2.53. The second-order valence-corrected chi connectivity index (χ2v) is 6.51. The molecule has 0 spiro atoms. The number of hydrogen-bond acceptors (Lipinski definition) is 4. The number of nitrogens with zero attached hydrogens (tertiary/aromatic N) is 4. The van der Waals surface area contributed by atoms with Gasteiger partial charge in [0, 0.05) is 6.42 Å². The molecule has 2 unspecified atom stereocenters. The van der Waals surface area contributed by atoms with E-state index < -0.39 is 70.2 Å². The van der Waals surface area contributed by atoms with Crippen LogP contribution in [0.25, 0.3) is 4.85 Å². The summed E-state index contributed by atoms with van der Waals surface area (Å²) in [5, 5.41) is 5.86. The van der Waals surface area contributed by atoms with Crippen molar-refractivity contribution in [1.82, 2.24) is 0 Å². The van der Waals surface area contributed by atoms with Crippen LogP contribution < -0.4 is 4.90 Å². The second kappa shape index (κ2) is 7.50. The van der Waals surface area contributed by atoms with Gasteiger partial charge in [0.1, 0.15) is 0 Å². The van der Waals surface area contributed by atoms with Gasteiger partial charge in [-0.05, 0) is 19.1 Å². The molecule has 1 aromatic carbocycles. The summed E-state index contributed by atoms with van der Waals surface area (Å²) < 4.78 is 117. The van der Waals surface area contributed by atoms with Crippen molar-refractivity contribution in [3.8, 4) is 0 Å². The molecule has 0 aromatic heterocycles. The van der Waals surface area contributed by atoms with Crippen molar-refractivity contribution in [1.29, 1.82) is 0 Å². The molecule has 168 valence electrons. The highest BCUT2D eigenvalue weighted by molar-refractivity contribution is 6.19. The number of azo groups is 1. The van der Waals surface area contributed by atoms with E-state index in [1.807, 2.05) is 0 Å². The molecule has 0 bridgehead atoms. The molecule has 2 amide bonds. The third-order valence-electron chi connectivity index (χ3n) is 4.16. The summed E-state index contributed by atoms with van der Waals surface area (Å²) in [5.74, 6) is -4.91. The lowest BCUT2D eigenvalue weighted by atomic mass is 9.93. The lowest BCUT2D eigenvalue weighted by molar-refractivity contribution is -0.171. The van der Waals surface area contributed by atoms with Crippen LogP contribution in [0.1, 0.15) is 18.9 Å². The molecular formula is C16H9F9N4O2. The molecule has 1 heterocycles. The molecule has 1 aromatic rings. The van der Waals surface area contributed by atoms with Crippen molar-refractivity contribution in [2.24, 2.45) is 10.2 Å². The summed E-state index contributed by atoms with van der Waals surface area (Å²) in [6.45, 7) is 7.39. The van der Waals surface area contributed by atoms with E-state index in [0.29, 0.717) is 19.1 Å². The number of hydrogen-bond donors (Lipinski definition) is 0. The number of anilines is 1. The van der Waals surface area contributed by atoms with Crippen LogP contribution >= 0.6 is 0 Å². The summed E-state index contributed by atoms with van der Waals surface area (Å²) >= 11 is 0. The van der Waals surface area contributed by atoms with Crippen LogP contribution in [-0.2, 0) is 15.8 Å². The van der Waals surface area contributed by atoms with Crippen molar-refractivity contribution in [3.05, 3.63) is 35.2 Å². The fraction of sp³-hybridized carbons (Fsp3) is 0.438. The molecule has 15 heteroatoms. The standard InChI is InChI=1S/C16H9F9N4O2/c1-13(6-10(27-28-13)15(20,21)22)11(30)29(12(31)16(23,24)25)7-3-4-9(26-2)8(5-7)14(17,18)19/h3-5,10H,6H2,1H3. The van der Waals surface area contributed by atoms with Gasteiger partial charge >= 0.3 is 24.4 Å². The molecule has 0 saturated carbocycles. The first-order valence-corrected chi connectivity index (χ1v) is 7.95. The van der Waals surface area contributed by atoms with E-state index in [-0.39, 0.29) is 6.07 Å². The van der Waals surface area contributed by atoms with Gasteiger partial charge in [-0.15, -0.1) is 0 Å². The van der Waals surface area contributed by atoms with Gasteiger partial charge in [0.25, 0.3) is 5.91 Å². The number of imide groups is 1. The highest BCUT2D eigenvalue weighted by Crippen LogP contribution is 2.42. The number of rotatable bonds is 2. The second-order valence-electron chi connectivity index (χ2n) is 6.51. The van der Waals surface area contributed by atoms with Crippen molar-refractivity contribution >= 4 is 23.2 Å². The molecule has 31 heavy (non-hydrogen) atoms. The van der Waals surface area contributed by atoms with Crippen LogP contribution in [0.15, 0.2) is 28.4 Å². The van der Waals surface area contributed by atoms with E-state index in [0.717, 1.165) is 0 Å².